The Morgan fingerprint density at radius 3 is 1.94 bits per heavy atom. The van der Waals surface area contributed by atoms with E-state index in [0.29, 0.717) is 11.8 Å². The molecule has 0 aromatic carbocycles. The van der Waals surface area contributed by atoms with Crippen molar-refractivity contribution in [2.24, 2.45) is 17.3 Å². The van der Waals surface area contributed by atoms with Gasteiger partial charge < -0.3 is 0 Å². The lowest BCUT2D eigenvalue weighted by molar-refractivity contribution is 0.347. The van der Waals surface area contributed by atoms with Crippen LogP contribution in [-0.2, 0) is 4.79 Å². The van der Waals surface area contributed by atoms with Gasteiger partial charge in [-0.15, -0.1) is 0 Å². The highest BCUT2D eigenvalue weighted by atomic mass is 16.1. The molecule has 94 valence electrons. The molecule has 0 atom stereocenters. The molecule has 0 bridgehead atoms. The summed E-state index contributed by atoms with van der Waals surface area (Å²) in [5.74, 6) is 3.55. The molecule has 0 radical (unpaired) electrons. The molecule has 0 fully saturated rings. The molecule has 0 saturated heterocycles. The first-order chi connectivity index (χ1) is 7.29. The quantitative estimate of drug-likeness (QED) is 0.576. The van der Waals surface area contributed by atoms with Gasteiger partial charge in [0.2, 0.25) is 0 Å². The van der Waals surface area contributed by atoms with Crippen LogP contribution in [0.5, 0.6) is 0 Å². The Balaban J connectivity index is 4.38. The second-order valence-electron chi connectivity index (χ2n) is 6.33. The van der Waals surface area contributed by atoms with E-state index in [0.717, 1.165) is 24.8 Å². The summed E-state index contributed by atoms with van der Waals surface area (Å²) < 4.78 is 0. The van der Waals surface area contributed by atoms with E-state index in [4.69, 9.17) is 0 Å². The van der Waals surface area contributed by atoms with Crippen LogP contribution in [0, 0.1) is 17.3 Å². The first-order valence-corrected chi connectivity index (χ1v) is 6.54. The molecule has 0 aliphatic rings. The molecular formula is C15H28O. The van der Waals surface area contributed by atoms with Crippen molar-refractivity contribution >= 4 is 5.94 Å². The van der Waals surface area contributed by atoms with Crippen LogP contribution in [0.25, 0.3) is 0 Å². The topological polar surface area (TPSA) is 17.1 Å². The van der Waals surface area contributed by atoms with Crippen molar-refractivity contribution in [3.63, 3.8) is 0 Å². The first-order valence-electron chi connectivity index (χ1n) is 6.54. The Bertz CT molecular complexity index is 242. The van der Waals surface area contributed by atoms with Crippen molar-refractivity contribution in [3.05, 3.63) is 5.57 Å². The molecule has 0 saturated carbocycles. The van der Waals surface area contributed by atoms with Gasteiger partial charge in [-0.25, -0.2) is 4.79 Å². The standard InChI is InChI=1S/C15H28O/c1-12(2)7-8-14(11-16)15(5,6)10-9-13(3)4/h12-13H,7-10H2,1-6H3. The molecule has 0 aromatic rings. The maximum absolute atomic E-state index is 11.0. The molecule has 16 heavy (non-hydrogen) atoms. The van der Waals surface area contributed by atoms with Gasteiger partial charge in [-0.1, -0.05) is 48.0 Å². The molecule has 0 aliphatic heterocycles. The van der Waals surface area contributed by atoms with Crippen LogP contribution in [0.2, 0.25) is 0 Å². The Morgan fingerprint density at radius 2 is 1.56 bits per heavy atom. The molecule has 0 rings (SSSR count). The average molecular weight is 224 g/mol. The molecule has 0 spiro atoms. The van der Waals surface area contributed by atoms with E-state index in [9.17, 15) is 4.79 Å². The fourth-order valence-electron chi connectivity index (χ4n) is 1.76. The van der Waals surface area contributed by atoms with Crippen LogP contribution in [0.15, 0.2) is 5.57 Å². The van der Waals surface area contributed by atoms with Gasteiger partial charge in [-0.2, -0.15) is 0 Å². The number of carbonyl (C=O) groups excluding carboxylic acids is 1. The SMILES string of the molecule is CC(C)CCC(=C=O)C(C)(C)CCC(C)C. The van der Waals surface area contributed by atoms with E-state index < -0.39 is 0 Å². The predicted octanol–water partition coefficient (Wildman–Crippen LogP) is 4.64. The van der Waals surface area contributed by atoms with Crippen LogP contribution >= 0.6 is 0 Å². The fourth-order valence-corrected chi connectivity index (χ4v) is 1.76. The minimum atomic E-state index is 0.0287. The number of allylic oxidation sites excluding steroid dienone is 1. The van der Waals surface area contributed by atoms with E-state index in [1.165, 1.54) is 6.42 Å². The predicted molar refractivity (Wildman–Crippen MR) is 71.1 cm³/mol. The van der Waals surface area contributed by atoms with Gasteiger partial charge in [0, 0.05) is 5.57 Å². The van der Waals surface area contributed by atoms with Crippen molar-refractivity contribution < 1.29 is 4.79 Å². The maximum Gasteiger partial charge on any atom is 0.124 e. The Hall–Kier alpha value is -0.550. The maximum atomic E-state index is 11.0. The third-order valence-electron chi connectivity index (χ3n) is 3.26. The zero-order chi connectivity index (χ0) is 12.8. The molecule has 0 heterocycles. The summed E-state index contributed by atoms with van der Waals surface area (Å²) in [5.41, 5.74) is 1.00. The summed E-state index contributed by atoms with van der Waals surface area (Å²) in [7, 11) is 0. The lowest BCUT2D eigenvalue weighted by Gasteiger charge is -2.27. The molecule has 1 nitrogen and oxygen atoms in total. The first kappa shape index (κ1) is 15.4. The molecule has 0 amide bonds. The Kier molecular flexibility index (Phi) is 6.67. The van der Waals surface area contributed by atoms with Gasteiger partial charge in [0.1, 0.15) is 5.94 Å². The van der Waals surface area contributed by atoms with Crippen LogP contribution in [0.3, 0.4) is 0 Å². The highest BCUT2D eigenvalue weighted by molar-refractivity contribution is 5.54. The Morgan fingerprint density at radius 1 is 1.06 bits per heavy atom. The van der Waals surface area contributed by atoms with Crippen molar-refractivity contribution in [1.82, 2.24) is 0 Å². The van der Waals surface area contributed by atoms with E-state index in [1.54, 1.807) is 0 Å². The summed E-state index contributed by atoms with van der Waals surface area (Å²) in [6, 6.07) is 0. The summed E-state index contributed by atoms with van der Waals surface area (Å²) in [5, 5.41) is 0. The van der Waals surface area contributed by atoms with Crippen molar-refractivity contribution in [2.45, 2.75) is 67.2 Å². The fraction of sp³-hybridized carbons (Fsp3) is 0.867. The van der Waals surface area contributed by atoms with E-state index in [2.05, 4.69) is 47.5 Å². The molecular weight excluding hydrogens is 196 g/mol. The third kappa shape index (κ3) is 6.12. The van der Waals surface area contributed by atoms with Gasteiger partial charge in [0.05, 0.1) is 0 Å². The molecule has 0 aliphatic carbocycles. The zero-order valence-electron chi connectivity index (χ0n) is 11.9. The van der Waals surface area contributed by atoms with Crippen LogP contribution < -0.4 is 0 Å². The molecule has 1 heteroatoms. The number of hydrogen-bond donors (Lipinski definition) is 0. The van der Waals surface area contributed by atoms with Crippen molar-refractivity contribution in [2.75, 3.05) is 0 Å². The van der Waals surface area contributed by atoms with E-state index in [-0.39, 0.29) is 5.41 Å². The molecule has 0 aromatic heterocycles. The zero-order valence-corrected chi connectivity index (χ0v) is 11.9. The van der Waals surface area contributed by atoms with Gasteiger partial charge in [0.25, 0.3) is 0 Å². The summed E-state index contributed by atoms with van der Waals surface area (Å²) in [6.07, 6.45) is 4.27. The van der Waals surface area contributed by atoms with E-state index >= 15 is 0 Å². The van der Waals surface area contributed by atoms with Crippen LogP contribution in [0.4, 0.5) is 0 Å². The lowest BCUT2D eigenvalue weighted by atomic mass is 9.77. The monoisotopic (exact) mass is 224 g/mol. The average Bonchev–Trinajstić information content (AvgIpc) is 2.15. The second kappa shape index (κ2) is 6.91. The van der Waals surface area contributed by atoms with Gasteiger partial charge >= 0.3 is 0 Å². The number of rotatable bonds is 7. The molecule has 0 N–H and O–H groups in total. The highest BCUT2D eigenvalue weighted by Crippen LogP contribution is 2.34. The summed E-state index contributed by atoms with van der Waals surface area (Å²) >= 11 is 0. The summed E-state index contributed by atoms with van der Waals surface area (Å²) in [4.78, 5) is 11.0. The second-order valence-corrected chi connectivity index (χ2v) is 6.33. The van der Waals surface area contributed by atoms with Crippen molar-refractivity contribution in [1.29, 1.82) is 0 Å². The van der Waals surface area contributed by atoms with Gasteiger partial charge in [-0.05, 0) is 36.5 Å². The van der Waals surface area contributed by atoms with Crippen LogP contribution in [-0.4, -0.2) is 5.94 Å². The van der Waals surface area contributed by atoms with Gasteiger partial charge in [0.15, 0.2) is 0 Å². The minimum Gasteiger partial charge on any atom is -0.234 e. The normalized spacial score (nSPS) is 12.0. The third-order valence-corrected chi connectivity index (χ3v) is 3.26. The van der Waals surface area contributed by atoms with Crippen molar-refractivity contribution in [3.8, 4) is 0 Å². The smallest absolute Gasteiger partial charge is 0.124 e. The Labute approximate surface area is 101 Å². The minimum absolute atomic E-state index is 0.0287. The van der Waals surface area contributed by atoms with E-state index in [1.807, 2.05) is 0 Å². The number of hydrogen-bond acceptors (Lipinski definition) is 1. The largest absolute Gasteiger partial charge is 0.234 e. The highest BCUT2D eigenvalue weighted by Gasteiger charge is 2.24. The van der Waals surface area contributed by atoms with Crippen LogP contribution in [0.1, 0.15) is 67.2 Å². The van der Waals surface area contributed by atoms with Gasteiger partial charge in [-0.3, -0.25) is 0 Å². The molecule has 0 unspecified atom stereocenters. The lowest BCUT2D eigenvalue weighted by Crippen LogP contribution is -2.17. The summed E-state index contributed by atoms with van der Waals surface area (Å²) in [6.45, 7) is 13.2.